The van der Waals surface area contributed by atoms with Crippen LogP contribution in [0.2, 0.25) is 5.02 Å². The summed E-state index contributed by atoms with van der Waals surface area (Å²) in [6, 6.07) is 12.8. The van der Waals surface area contributed by atoms with Gasteiger partial charge in [0, 0.05) is 35.3 Å². The van der Waals surface area contributed by atoms with Crippen LogP contribution in [0.15, 0.2) is 36.4 Å². The number of carbonyl (C=O) groups excluding carboxylic acids is 1. The Morgan fingerprint density at radius 2 is 1.89 bits per heavy atom. The molecule has 1 aliphatic carbocycles. The van der Waals surface area contributed by atoms with Gasteiger partial charge < -0.3 is 4.90 Å². The molecule has 2 aliphatic rings. The molecule has 0 saturated heterocycles. The van der Waals surface area contributed by atoms with Crippen molar-refractivity contribution in [1.29, 1.82) is 0 Å². The van der Waals surface area contributed by atoms with Gasteiger partial charge in [-0.2, -0.15) is 11.8 Å². The van der Waals surface area contributed by atoms with Crippen molar-refractivity contribution in [2.45, 2.75) is 77.0 Å². The quantitative estimate of drug-likeness (QED) is 0.198. The molecule has 2 aromatic rings. The largest absolute Gasteiger partial charge is 0.370 e. The van der Waals surface area contributed by atoms with E-state index in [1.165, 1.54) is 73.1 Å². The van der Waals surface area contributed by atoms with Crippen LogP contribution in [0.25, 0.3) is 0 Å². The van der Waals surface area contributed by atoms with Crippen LogP contribution in [0.5, 0.6) is 0 Å². The molecule has 1 heterocycles. The van der Waals surface area contributed by atoms with Gasteiger partial charge in [0.1, 0.15) is 6.29 Å². The first kappa shape index (κ1) is 26.6. The van der Waals surface area contributed by atoms with Crippen molar-refractivity contribution < 1.29 is 4.79 Å². The maximum atomic E-state index is 11.6. The smallest absolute Gasteiger partial charge is 0.150 e. The maximum Gasteiger partial charge on any atom is 0.150 e. The molecular weight excluding hydrogens is 470 g/mol. The number of anilines is 1. The monoisotopic (exact) mass is 511 g/mol. The average molecular weight is 512 g/mol. The number of unbranched alkanes of at least 4 members (excludes halogenated alkanes) is 3. The lowest BCUT2D eigenvalue weighted by molar-refractivity contribution is 0.112. The van der Waals surface area contributed by atoms with E-state index in [0.29, 0.717) is 5.92 Å². The molecule has 2 nitrogen and oxygen atoms in total. The number of nitrogens with zero attached hydrogens (tertiary/aromatic N) is 1. The summed E-state index contributed by atoms with van der Waals surface area (Å²) in [4.78, 5) is 14.2. The van der Waals surface area contributed by atoms with Gasteiger partial charge >= 0.3 is 0 Å². The molecule has 1 saturated carbocycles. The van der Waals surface area contributed by atoms with E-state index in [0.717, 1.165) is 61.1 Å². The molecular formula is C31H42ClNOS. The lowest BCUT2D eigenvalue weighted by Crippen LogP contribution is -2.42. The van der Waals surface area contributed by atoms with Crippen LogP contribution in [0.3, 0.4) is 0 Å². The van der Waals surface area contributed by atoms with Gasteiger partial charge in [-0.15, -0.1) is 0 Å². The fourth-order valence-electron chi connectivity index (χ4n) is 6.20. The van der Waals surface area contributed by atoms with E-state index in [2.05, 4.69) is 48.4 Å². The van der Waals surface area contributed by atoms with Gasteiger partial charge in [0.25, 0.3) is 0 Å². The van der Waals surface area contributed by atoms with Crippen LogP contribution in [0.4, 0.5) is 5.69 Å². The number of halogens is 1. The van der Waals surface area contributed by atoms with E-state index in [1.807, 2.05) is 17.8 Å². The van der Waals surface area contributed by atoms with E-state index in [9.17, 15) is 4.79 Å². The fraction of sp³-hybridized carbons (Fsp3) is 0.581. The first-order chi connectivity index (χ1) is 17.1. The number of aryl methyl sites for hydroxylation is 1. The van der Waals surface area contributed by atoms with E-state index in [1.54, 1.807) is 0 Å². The van der Waals surface area contributed by atoms with E-state index in [-0.39, 0.29) is 0 Å². The number of thioether (sulfide) groups is 1. The molecule has 0 N–H and O–H groups in total. The van der Waals surface area contributed by atoms with Gasteiger partial charge in [0.2, 0.25) is 0 Å². The standard InChI is InChI=1S/C31H42ClNOS/c1-3-8-25-19-29(32)14-15-30(25)28-18-26-11-10-23(22-34)17-31(26)33(21-28)20-27-13-12-24(27)9-6-4-5-7-16-35-2/h10-11,14-15,17,19,22,24,27-28H,3-9,12-13,16,18,20-21H2,1-2H3. The summed E-state index contributed by atoms with van der Waals surface area (Å²) in [6.07, 6.45) is 16.1. The SMILES string of the molecule is CCCc1cc(Cl)ccc1C1Cc2ccc(C=O)cc2N(CC2CCC2CCCCCCSC)C1. The van der Waals surface area contributed by atoms with Crippen LogP contribution >= 0.6 is 23.4 Å². The van der Waals surface area contributed by atoms with Crippen LogP contribution in [-0.4, -0.2) is 31.4 Å². The average Bonchev–Trinajstić information content (AvgIpc) is 2.85. The fourth-order valence-corrected chi connectivity index (χ4v) is 6.89. The molecule has 190 valence electrons. The van der Waals surface area contributed by atoms with E-state index in [4.69, 9.17) is 11.6 Å². The van der Waals surface area contributed by atoms with Crippen molar-refractivity contribution >= 4 is 35.3 Å². The molecule has 0 aromatic heterocycles. The summed E-state index contributed by atoms with van der Waals surface area (Å²) < 4.78 is 0. The topological polar surface area (TPSA) is 20.3 Å². The Balaban J connectivity index is 1.47. The Morgan fingerprint density at radius 3 is 2.63 bits per heavy atom. The summed E-state index contributed by atoms with van der Waals surface area (Å²) in [5.41, 5.74) is 6.33. The predicted octanol–water partition coefficient (Wildman–Crippen LogP) is 8.59. The molecule has 3 atom stereocenters. The molecule has 35 heavy (non-hydrogen) atoms. The Bertz CT molecular complexity index is 976. The highest BCUT2D eigenvalue weighted by molar-refractivity contribution is 7.98. The Kier molecular flexibility index (Phi) is 10.0. The molecule has 0 amide bonds. The number of carbonyl (C=O) groups is 1. The normalized spacial score (nSPS) is 21.5. The summed E-state index contributed by atoms with van der Waals surface area (Å²) in [5.74, 6) is 3.43. The highest BCUT2D eigenvalue weighted by Crippen LogP contribution is 2.42. The minimum atomic E-state index is 0.471. The van der Waals surface area contributed by atoms with E-state index < -0.39 is 0 Å². The predicted molar refractivity (Wildman–Crippen MR) is 154 cm³/mol. The highest BCUT2D eigenvalue weighted by Gasteiger charge is 2.35. The van der Waals surface area contributed by atoms with Gasteiger partial charge in [0.15, 0.2) is 0 Å². The van der Waals surface area contributed by atoms with Crippen molar-refractivity contribution in [2.24, 2.45) is 11.8 Å². The molecule has 0 radical (unpaired) electrons. The number of aldehydes is 1. The zero-order valence-corrected chi connectivity index (χ0v) is 23.2. The summed E-state index contributed by atoms with van der Waals surface area (Å²) in [7, 11) is 0. The molecule has 0 bridgehead atoms. The molecule has 3 unspecified atom stereocenters. The minimum Gasteiger partial charge on any atom is -0.370 e. The van der Waals surface area contributed by atoms with Gasteiger partial charge in [0.05, 0.1) is 0 Å². The lowest BCUT2D eigenvalue weighted by atomic mass is 9.70. The summed E-state index contributed by atoms with van der Waals surface area (Å²) in [6.45, 7) is 4.40. The Hall–Kier alpha value is -1.45. The third-order valence-corrected chi connectivity index (χ3v) is 9.19. The van der Waals surface area contributed by atoms with Gasteiger partial charge in [-0.3, -0.25) is 4.79 Å². The molecule has 1 aliphatic heterocycles. The van der Waals surface area contributed by atoms with Crippen LogP contribution in [0, 0.1) is 11.8 Å². The van der Waals surface area contributed by atoms with Crippen LogP contribution in [0.1, 0.15) is 91.3 Å². The van der Waals surface area contributed by atoms with Crippen molar-refractivity contribution in [3.05, 3.63) is 63.7 Å². The third-order valence-electron chi connectivity index (χ3n) is 8.26. The van der Waals surface area contributed by atoms with E-state index >= 15 is 0 Å². The third kappa shape index (κ3) is 6.86. The zero-order chi connectivity index (χ0) is 24.6. The van der Waals surface area contributed by atoms with Crippen molar-refractivity contribution in [3.63, 3.8) is 0 Å². The second kappa shape index (κ2) is 13.2. The van der Waals surface area contributed by atoms with Crippen LogP contribution < -0.4 is 4.90 Å². The Labute approximate surface area is 222 Å². The molecule has 4 rings (SSSR count). The maximum absolute atomic E-state index is 11.6. The molecule has 4 heteroatoms. The number of benzene rings is 2. The zero-order valence-electron chi connectivity index (χ0n) is 21.6. The molecule has 0 spiro atoms. The van der Waals surface area contributed by atoms with Crippen molar-refractivity contribution in [1.82, 2.24) is 0 Å². The second-order valence-electron chi connectivity index (χ2n) is 10.7. The van der Waals surface area contributed by atoms with Crippen molar-refractivity contribution in [2.75, 3.05) is 30.0 Å². The number of hydrogen-bond donors (Lipinski definition) is 0. The molecule has 1 fully saturated rings. The van der Waals surface area contributed by atoms with Gasteiger partial charge in [-0.1, -0.05) is 68.8 Å². The summed E-state index contributed by atoms with van der Waals surface area (Å²) >= 11 is 8.35. The van der Waals surface area contributed by atoms with Gasteiger partial charge in [-0.25, -0.2) is 0 Å². The molecule has 2 aromatic carbocycles. The van der Waals surface area contributed by atoms with Crippen molar-refractivity contribution in [3.8, 4) is 0 Å². The summed E-state index contributed by atoms with van der Waals surface area (Å²) in [5, 5.41) is 0.839. The lowest BCUT2D eigenvalue weighted by Gasteiger charge is -2.44. The second-order valence-corrected chi connectivity index (χ2v) is 12.1. The van der Waals surface area contributed by atoms with Crippen LogP contribution in [-0.2, 0) is 12.8 Å². The minimum absolute atomic E-state index is 0.471. The van der Waals surface area contributed by atoms with Gasteiger partial charge in [-0.05, 0) is 90.8 Å². The number of hydrogen-bond acceptors (Lipinski definition) is 3. The Morgan fingerprint density at radius 1 is 1.06 bits per heavy atom. The number of rotatable bonds is 13. The first-order valence-corrected chi connectivity index (χ1v) is 15.5. The number of fused-ring (bicyclic) bond motifs is 1. The highest BCUT2D eigenvalue weighted by atomic mass is 35.5. The first-order valence-electron chi connectivity index (χ1n) is 13.7.